The number of rotatable bonds is 6. The zero-order chi connectivity index (χ0) is 19.8. The zero-order valence-electron chi connectivity index (χ0n) is 15.6. The minimum Gasteiger partial charge on any atom is -0.352 e. The number of nitrogens with zero attached hydrogens (tertiary/aromatic N) is 2. The standard InChI is InChI=1S/C20H20ClFN4O2/c1-11-7-13(21)5-6-15(11)24-18-14(20(27)25-28-9-12-3-4-12)8-16-19(17(18)22)23-10-26(16)2/h5-8,10,12,24H,3-4,9H2,1-2H3,(H,25,27). The molecule has 2 N–H and O–H groups in total. The highest BCUT2D eigenvalue weighted by atomic mass is 35.5. The average molecular weight is 403 g/mol. The predicted molar refractivity (Wildman–Crippen MR) is 106 cm³/mol. The van der Waals surface area contributed by atoms with E-state index in [-0.39, 0.29) is 16.8 Å². The smallest absolute Gasteiger partial charge is 0.277 e. The Labute approximate surface area is 166 Å². The van der Waals surface area contributed by atoms with Crippen molar-refractivity contribution < 1.29 is 14.0 Å². The van der Waals surface area contributed by atoms with E-state index in [1.165, 1.54) is 6.33 Å². The third-order valence-electron chi connectivity index (χ3n) is 4.83. The van der Waals surface area contributed by atoms with Crippen molar-refractivity contribution in [3.8, 4) is 0 Å². The van der Waals surface area contributed by atoms with Gasteiger partial charge in [-0.3, -0.25) is 9.63 Å². The highest BCUT2D eigenvalue weighted by Crippen LogP contribution is 2.32. The second-order valence-electron chi connectivity index (χ2n) is 7.11. The number of hydrogen-bond donors (Lipinski definition) is 2. The average Bonchev–Trinajstić information content (AvgIpc) is 3.40. The van der Waals surface area contributed by atoms with Crippen LogP contribution in [0.15, 0.2) is 30.6 Å². The second-order valence-corrected chi connectivity index (χ2v) is 7.54. The summed E-state index contributed by atoms with van der Waals surface area (Å²) in [4.78, 5) is 22.1. The van der Waals surface area contributed by atoms with E-state index in [4.69, 9.17) is 16.4 Å². The lowest BCUT2D eigenvalue weighted by molar-refractivity contribution is 0.0271. The Kier molecular flexibility index (Phi) is 4.95. The Balaban J connectivity index is 1.73. The highest BCUT2D eigenvalue weighted by molar-refractivity contribution is 6.30. The lowest BCUT2D eigenvalue weighted by atomic mass is 10.1. The molecule has 1 aromatic heterocycles. The molecule has 0 radical (unpaired) electrons. The molecular formula is C20H20ClFN4O2. The molecule has 0 aliphatic heterocycles. The fourth-order valence-electron chi connectivity index (χ4n) is 2.99. The number of hydrogen-bond acceptors (Lipinski definition) is 4. The maximum absolute atomic E-state index is 15.3. The van der Waals surface area contributed by atoms with Crippen LogP contribution < -0.4 is 10.8 Å². The zero-order valence-corrected chi connectivity index (χ0v) is 16.3. The molecule has 6 nitrogen and oxygen atoms in total. The van der Waals surface area contributed by atoms with Gasteiger partial charge in [0.1, 0.15) is 5.52 Å². The Bertz CT molecular complexity index is 1060. The molecule has 4 rings (SSSR count). The molecule has 1 amide bonds. The lowest BCUT2D eigenvalue weighted by Crippen LogP contribution is -2.26. The molecule has 0 unspecified atom stereocenters. The molecule has 0 atom stereocenters. The van der Waals surface area contributed by atoms with Crippen molar-refractivity contribution in [3.05, 3.63) is 52.6 Å². The fourth-order valence-corrected chi connectivity index (χ4v) is 3.22. The van der Waals surface area contributed by atoms with Crippen LogP contribution in [0.3, 0.4) is 0 Å². The monoisotopic (exact) mass is 402 g/mol. The Hall–Kier alpha value is -2.64. The van der Waals surface area contributed by atoms with Gasteiger partial charge in [-0.1, -0.05) is 11.6 Å². The predicted octanol–water partition coefficient (Wildman–Crippen LogP) is 4.49. The molecular weight excluding hydrogens is 383 g/mol. The fraction of sp³-hybridized carbons (Fsp3) is 0.300. The lowest BCUT2D eigenvalue weighted by Gasteiger charge is -2.16. The molecule has 1 saturated carbocycles. The number of hydroxylamine groups is 1. The summed E-state index contributed by atoms with van der Waals surface area (Å²) in [6.07, 6.45) is 3.72. The Morgan fingerprint density at radius 2 is 2.18 bits per heavy atom. The molecule has 0 spiro atoms. The summed E-state index contributed by atoms with van der Waals surface area (Å²) in [6.45, 7) is 2.31. The number of amides is 1. The van der Waals surface area contributed by atoms with E-state index in [0.29, 0.717) is 28.8 Å². The van der Waals surface area contributed by atoms with Crippen molar-refractivity contribution in [1.82, 2.24) is 15.0 Å². The largest absolute Gasteiger partial charge is 0.352 e. The van der Waals surface area contributed by atoms with Crippen LogP contribution in [0, 0.1) is 18.7 Å². The third-order valence-corrected chi connectivity index (χ3v) is 5.07. The van der Waals surface area contributed by atoms with Gasteiger partial charge in [-0.2, -0.15) is 0 Å². The summed E-state index contributed by atoms with van der Waals surface area (Å²) in [6, 6.07) is 6.81. The van der Waals surface area contributed by atoms with Gasteiger partial charge in [0.25, 0.3) is 5.91 Å². The van der Waals surface area contributed by atoms with E-state index >= 15 is 4.39 Å². The van der Waals surface area contributed by atoms with Gasteiger partial charge < -0.3 is 9.88 Å². The number of fused-ring (bicyclic) bond motifs is 1. The SMILES string of the molecule is Cc1cc(Cl)ccc1Nc1c(C(=O)NOCC2CC2)cc2c(ncn2C)c1F. The summed E-state index contributed by atoms with van der Waals surface area (Å²) in [5, 5.41) is 3.61. The van der Waals surface area contributed by atoms with Crippen molar-refractivity contribution in [2.24, 2.45) is 13.0 Å². The van der Waals surface area contributed by atoms with Gasteiger partial charge >= 0.3 is 0 Å². The van der Waals surface area contributed by atoms with Crippen molar-refractivity contribution in [3.63, 3.8) is 0 Å². The van der Waals surface area contributed by atoms with Crippen LogP contribution in [0.5, 0.6) is 0 Å². The van der Waals surface area contributed by atoms with Crippen LogP contribution in [0.1, 0.15) is 28.8 Å². The van der Waals surface area contributed by atoms with Gasteiger partial charge in [0.15, 0.2) is 5.82 Å². The Morgan fingerprint density at radius 1 is 1.39 bits per heavy atom. The summed E-state index contributed by atoms with van der Waals surface area (Å²) in [5.74, 6) is -0.623. The first-order valence-electron chi connectivity index (χ1n) is 9.03. The number of imidazole rings is 1. The number of carbonyl (C=O) groups is 1. The summed E-state index contributed by atoms with van der Waals surface area (Å²) in [5.41, 5.74) is 4.78. The van der Waals surface area contributed by atoms with E-state index in [0.717, 1.165) is 18.4 Å². The number of nitrogens with one attached hydrogen (secondary N) is 2. The quantitative estimate of drug-likeness (QED) is 0.596. The van der Waals surface area contributed by atoms with E-state index < -0.39 is 11.7 Å². The van der Waals surface area contributed by atoms with Crippen LogP contribution in [0.25, 0.3) is 11.0 Å². The molecule has 3 aromatic rings. The first-order chi connectivity index (χ1) is 13.4. The molecule has 8 heteroatoms. The number of halogens is 2. The van der Waals surface area contributed by atoms with Gasteiger partial charge in [0.2, 0.25) is 0 Å². The number of carbonyl (C=O) groups excluding carboxylic acids is 1. The third kappa shape index (κ3) is 3.68. The molecule has 1 aliphatic rings. The number of aryl methyl sites for hydroxylation is 2. The van der Waals surface area contributed by atoms with Gasteiger partial charge in [-0.15, -0.1) is 0 Å². The molecule has 1 heterocycles. The van der Waals surface area contributed by atoms with E-state index in [9.17, 15) is 4.79 Å². The van der Waals surface area contributed by atoms with E-state index in [1.807, 2.05) is 6.92 Å². The normalized spacial score (nSPS) is 13.7. The molecule has 1 fully saturated rings. The maximum atomic E-state index is 15.3. The minimum atomic E-state index is -0.597. The summed E-state index contributed by atoms with van der Waals surface area (Å²) < 4.78 is 16.9. The molecule has 0 saturated heterocycles. The molecule has 28 heavy (non-hydrogen) atoms. The van der Waals surface area contributed by atoms with Crippen molar-refractivity contribution in [2.45, 2.75) is 19.8 Å². The van der Waals surface area contributed by atoms with Crippen LogP contribution in [0.2, 0.25) is 5.02 Å². The first-order valence-corrected chi connectivity index (χ1v) is 9.40. The number of aromatic nitrogens is 2. The van der Waals surface area contributed by atoms with Crippen LogP contribution in [0.4, 0.5) is 15.8 Å². The van der Waals surface area contributed by atoms with Crippen LogP contribution in [-0.2, 0) is 11.9 Å². The van der Waals surface area contributed by atoms with Gasteiger partial charge in [-0.05, 0) is 55.5 Å². The van der Waals surface area contributed by atoms with Crippen LogP contribution >= 0.6 is 11.6 Å². The van der Waals surface area contributed by atoms with Crippen LogP contribution in [-0.4, -0.2) is 22.1 Å². The van der Waals surface area contributed by atoms with Gasteiger partial charge in [0.05, 0.1) is 29.7 Å². The summed E-state index contributed by atoms with van der Waals surface area (Å²) in [7, 11) is 1.75. The Morgan fingerprint density at radius 3 is 2.89 bits per heavy atom. The van der Waals surface area contributed by atoms with Crippen molar-refractivity contribution in [2.75, 3.05) is 11.9 Å². The highest BCUT2D eigenvalue weighted by Gasteiger charge is 2.24. The van der Waals surface area contributed by atoms with Crippen molar-refractivity contribution in [1.29, 1.82) is 0 Å². The van der Waals surface area contributed by atoms with Gasteiger partial charge in [-0.25, -0.2) is 14.9 Å². The molecule has 146 valence electrons. The van der Waals surface area contributed by atoms with Crippen molar-refractivity contribution >= 4 is 39.9 Å². The number of benzene rings is 2. The maximum Gasteiger partial charge on any atom is 0.277 e. The molecule has 1 aliphatic carbocycles. The minimum absolute atomic E-state index is 0.0455. The number of anilines is 2. The van der Waals surface area contributed by atoms with Gasteiger partial charge in [0, 0.05) is 17.8 Å². The topological polar surface area (TPSA) is 68.2 Å². The van der Waals surface area contributed by atoms with E-state index in [1.54, 1.807) is 35.9 Å². The first kappa shape index (κ1) is 18.7. The molecule has 0 bridgehead atoms. The second kappa shape index (κ2) is 7.41. The summed E-state index contributed by atoms with van der Waals surface area (Å²) >= 11 is 6.01. The molecule has 2 aromatic carbocycles. The van der Waals surface area contributed by atoms with E-state index in [2.05, 4.69) is 15.8 Å².